The molecule has 0 saturated heterocycles. The van der Waals surface area contributed by atoms with Gasteiger partial charge in [-0.15, -0.1) is 0 Å². The fraction of sp³-hybridized carbons (Fsp3) is 0.385. The van der Waals surface area contributed by atoms with E-state index in [1.807, 2.05) is 18.3 Å². The first-order valence-corrected chi connectivity index (χ1v) is 6.20. The molecule has 0 bridgehead atoms. The van der Waals surface area contributed by atoms with E-state index >= 15 is 0 Å². The molecule has 0 amide bonds. The number of anilines is 1. The van der Waals surface area contributed by atoms with Gasteiger partial charge in [-0.1, -0.05) is 6.92 Å². The molecule has 0 atom stereocenters. The molecule has 2 aromatic rings. The molecule has 2 aromatic heterocycles. The van der Waals surface area contributed by atoms with Gasteiger partial charge in [0, 0.05) is 31.6 Å². The van der Waals surface area contributed by atoms with Crippen molar-refractivity contribution in [2.24, 2.45) is 0 Å². The number of hydrogen-bond donors (Lipinski definition) is 2. The Bertz CT molecular complexity index is 456. The first-order valence-electron chi connectivity index (χ1n) is 6.20. The molecule has 0 aromatic carbocycles. The lowest BCUT2D eigenvalue weighted by molar-refractivity contribution is 0.318. The van der Waals surface area contributed by atoms with Crippen molar-refractivity contribution in [2.75, 3.05) is 18.5 Å². The number of nitrogens with one attached hydrogen (secondary N) is 2. The minimum atomic E-state index is 0.707. The van der Waals surface area contributed by atoms with Crippen LogP contribution in [-0.2, 0) is 6.42 Å². The maximum Gasteiger partial charge on any atom is 0.168 e. The van der Waals surface area contributed by atoms with E-state index in [2.05, 4.69) is 27.2 Å². The van der Waals surface area contributed by atoms with E-state index in [9.17, 15) is 0 Å². The SMILES string of the molecule is CCCOc1cccnc1NCCc1ncc[nH]1. The maximum absolute atomic E-state index is 5.63. The first-order chi connectivity index (χ1) is 8.90. The summed E-state index contributed by atoms with van der Waals surface area (Å²) in [6.45, 7) is 3.56. The summed E-state index contributed by atoms with van der Waals surface area (Å²) in [6.07, 6.45) is 7.16. The standard InChI is InChI=1S/C13H18N4O/c1-2-10-18-11-4-3-6-16-13(11)17-7-5-12-14-8-9-15-12/h3-4,6,8-9H,2,5,7,10H2,1H3,(H,14,15)(H,16,17). The van der Waals surface area contributed by atoms with E-state index in [0.717, 1.165) is 36.8 Å². The molecule has 2 N–H and O–H groups in total. The molecular weight excluding hydrogens is 228 g/mol. The van der Waals surface area contributed by atoms with E-state index in [1.165, 1.54) is 0 Å². The zero-order valence-electron chi connectivity index (χ0n) is 10.5. The van der Waals surface area contributed by atoms with Crippen molar-refractivity contribution in [1.82, 2.24) is 15.0 Å². The molecule has 0 spiro atoms. The highest BCUT2D eigenvalue weighted by atomic mass is 16.5. The van der Waals surface area contributed by atoms with Crippen LogP contribution in [0.5, 0.6) is 5.75 Å². The second kappa shape index (κ2) is 6.64. The molecule has 2 heterocycles. The predicted octanol–water partition coefficient (Wildman–Crippen LogP) is 2.25. The number of aromatic amines is 1. The van der Waals surface area contributed by atoms with Crippen LogP contribution in [-0.4, -0.2) is 28.1 Å². The summed E-state index contributed by atoms with van der Waals surface area (Å²) in [5, 5.41) is 3.26. The van der Waals surface area contributed by atoms with Gasteiger partial charge in [0.05, 0.1) is 6.61 Å². The van der Waals surface area contributed by atoms with E-state index in [-0.39, 0.29) is 0 Å². The molecule has 18 heavy (non-hydrogen) atoms. The molecule has 96 valence electrons. The van der Waals surface area contributed by atoms with Gasteiger partial charge in [-0.25, -0.2) is 9.97 Å². The largest absolute Gasteiger partial charge is 0.490 e. The monoisotopic (exact) mass is 246 g/mol. The van der Waals surface area contributed by atoms with Crippen molar-refractivity contribution in [3.05, 3.63) is 36.5 Å². The van der Waals surface area contributed by atoms with Gasteiger partial charge in [0.25, 0.3) is 0 Å². The Morgan fingerprint density at radius 2 is 2.28 bits per heavy atom. The molecule has 5 nitrogen and oxygen atoms in total. The maximum atomic E-state index is 5.63. The van der Waals surface area contributed by atoms with Crippen molar-refractivity contribution in [2.45, 2.75) is 19.8 Å². The van der Waals surface area contributed by atoms with Crippen LogP contribution in [0.15, 0.2) is 30.7 Å². The van der Waals surface area contributed by atoms with Crippen molar-refractivity contribution < 1.29 is 4.74 Å². The van der Waals surface area contributed by atoms with Crippen molar-refractivity contribution in [3.8, 4) is 5.75 Å². The number of ether oxygens (including phenoxy) is 1. The second-order valence-electron chi connectivity index (χ2n) is 3.91. The smallest absolute Gasteiger partial charge is 0.168 e. The van der Waals surface area contributed by atoms with E-state index in [0.29, 0.717) is 6.61 Å². The van der Waals surface area contributed by atoms with Crippen LogP contribution < -0.4 is 10.1 Å². The summed E-state index contributed by atoms with van der Waals surface area (Å²) in [7, 11) is 0. The average molecular weight is 246 g/mol. The van der Waals surface area contributed by atoms with Crippen molar-refractivity contribution in [3.63, 3.8) is 0 Å². The van der Waals surface area contributed by atoms with Crippen LogP contribution in [0.1, 0.15) is 19.2 Å². The molecular formula is C13H18N4O. The Morgan fingerprint density at radius 1 is 1.33 bits per heavy atom. The minimum Gasteiger partial charge on any atom is -0.490 e. The Labute approximate surface area is 107 Å². The van der Waals surface area contributed by atoms with Crippen molar-refractivity contribution >= 4 is 5.82 Å². The van der Waals surface area contributed by atoms with Crippen LogP contribution in [0.2, 0.25) is 0 Å². The molecule has 0 fully saturated rings. The van der Waals surface area contributed by atoms with Gasteiger partial charge in [-0.3, -0.25) is 0 Å². The van der Waals surface area contributed by atoms with Gasteiger partial charge in [0.1, 0.15) is 5.82 Å². The van der Waals surface area contributed by atoms with Crippen LogP contribution in [0.3, 0.4) is 0 Å². The van der Waals surface area contributed by atoms with Gasteiger partial charge < -0.3 is 15.0 Å². The minimum absolute atomic E-state index is 0.707. The highest BCUT2D eigenvalue weighted by molar-refractivity contribution is 5.49. The fourth-order valence-corrected chi connectivity index (χ4v) is 1.59. The zero-order chi connectivity index (χ0) is 12.6. The van der Waals surface area contributed by atoms with E-state index in [1.54, 1.807) is 12.4 Å². The summed E-state index contributed by atoms with van der Waals surface area (Å²) in [4.78, 5) is 11.5. The molecule has 0 aliphatic carbocycles. The van der Waals surface area contributed by atoms with Crippen LogP contribution in [0, 0.1) is 0 Å². The van der Waals surface area contributed by atoms with Crippen molar-refractivity contribution in [1.29, 1.82) is 0 Å². The third kappa shape index (κ3) is 3.48. The van der Waals surface area contributed by atoms with Crippen LogP contribution >= 0.6 is 0 Å². The fourth-order valence-electron chi connectivity index (χ4n) is 1.59. The van der Waals surface area contributed by atoms with E-state index < -0.39 is 0 Å². The topological polar surface area (TPSA) is 62.8 Å². The first kappa shape index (κ1) is 12.4. The van der Waals surface area contributed by atoms with Gasteiger partial charge >= 0.3 is 0 Å². The molecule has 2 rings (SSSR count). The molecule has 0 aliphatic rings. The lowest BCUT2D eigenvalue weighted by Crippen LogP contribution is -2.09. The lowest BCUT2D eigenvalue weighted by Gasteiger charge is -2.10. The molecule has 0 aliphatic heterocycles. The number of pyridine rings is 1. The third-order valence-corrected chi connectivity index (χ3v) is 2.44. The third-order valence-electron chi connectivity index (χ3n) is 2.44. The Morgan fingerprint density at radius 3 is 3.06 bits per heavy atom. The Kier molecular flexibility index (Phi) is 4.58. The average Bonchev–Trinajstić information content (AvgIpc) is 2.91. The Hall–Kier alpha value is -2.04. The quantitative estimate of drug-likeness (QED) is 0.786. The number of nitrogens with zero attached hydrogens (tertiary/aromatic N) is 2. The lowest BCUT2D eigenvalue weighted by atomic mass is 10.3. The summed E-state index contributed by atoms with van der Waals surface area (Å²) in [5.41, 5.74) is 0. The summed E-state index contributed by atoms with van der Waals surface area (Å²) < 4.78 is 5.63. The van der Waals surface area contributed by atoms with Gasteiger partial charge in [0.2, 0.25) is 0 Å². The highest BCUT2D eigenvalue weighted by Crippen LogP contribution is 2.20. The normalized spacial score (nSPS) is 10.3. The molecule has 5 heteroatoms. The molecule has 0 radical (unpaired) electrons. The summed E-state index contributed by atoms with van der Waals surface area (Å²) >= 11 is 0. The van der Waals surface area contributed by atoms with Gasteiger partial charge in [-0.2, -0.15) is 0 Å². The molecule has 0 saturated carbocycles. The number of H-pyrrole nitrogens is 1. The second-order valence-corrected chi connectivity index (χ2v) is 3.91. The van der Waals surface area contributed by atoms with E-state index in [4.69, 9.17) is 4.74 Å². The predicted molar refractivity (Wildman–Crippen MR) is 70.8 cm³/mol. The van der Waals surface area contributed by atoms with Gasteiger partial charge in [0.15, 0.2) is 11.6 Å². The van der Waals surface area contributed by atoms with Crippen LogP contribution in [0.4, 0.5) is 5.82 Å². The summed E-state index contributed by atoms with van der Waals surface area (Å²) in [5.74, 6) is 2.56. The van der Waals surface area contributed by atoms with Crippen LogP contribution in [0.25, 0.3) is 0 Å². The van der Waals surface area contributed by atoms with Gasteiger partial charge in [-0.05, 0) is 18.6 Å². The number of imidazole rings is 1. The summed E-state index contributed by atoms with van der Waals surface area (Å²) in [6, 6.07) is 3.81. The molecule has 0 unspecified atom stereocenters. The number of aromatic nitrogens is 3. The zero-order valence-corrected chi connectivity index (χ0v) is 10.5. The number of hydrogen-bond acceptors (Lipinski definition) is 4. The highest BCUT2D eigenvalue weighted by Gasteiger charge is 2.03. The Balaban J connectivity index is 1.87. The number of rotatable bonds is 7.